The van der Waals surface area contributed by atoms with Crippen molar-refractivity contribution in [2.45, 2.75) is 49.6 Å². The van der Waals surface area contributed by atoms with Gasteiger partial charge in [-0.2, -0.15) is 4.31 Å². The number of sulfonamides is 1. The van der Waals surface area contributed by atoms with E-state index in [0.717, 1.165) is 37.7 Å². The largest absolute Gasteiger partial charge is 0.274 e. The highest BCUT2D eigenvalue weighted by atomic mass is 32.2. The molecule has 2 aromatic carbocycles. The van der Waals surface area contributed by atoms with E-state index in [0.29, 0.717) is 0 Å². The van der Waals surface area contributed by atoms with Crippen LogP contribution in [-0.2, 0) is 21.5 Å². The minimum atomic E-state index is -3.65. The van der Waals surface area contributed by atoms with Crippen LogP contribution in [0.5, 0.6) is 0 Å². The van der Waals surface area contributed by atoms with Gasteiger partial charge in [0.1, 0.15) is 0 Å². The number of nitrogens with one attached hydrogen (secondary N) is 1. The number of amides is 1. The second-order valence-electron chi connectivity index (χ2n) is 7.05. The molecule has 1 amide bonds. The van der Waals surface area contributed by atoms with Crippen LogP contribution in [0.15, 0.2) is 59.5 Å². The maximum Gasteiger partial charge on any atom is 0.274 e. The minimum Gasteiger partial charge on any atom is -0.269 e. The molecule has 3 rings (SSSR count). The van der Waals surface area contributed by atoms with Gasteiger partial charge >= 0.3 is 0 Å². The van der Waals surface area contributed by atoms with Gasteiger partial charge in [-0.25, -0.2) is 13.9 Å². The number of hydrogen-bond acceptors (Lipinski definition) is 4. The van der Waals surface area contributed by atoms with Crippen molar-refractivity contribution in [3.63, 3.8) is 0 Å². The van der Waals surface area contributed by atoms with Gasteiger partial charge < -0.3 is 0 Å². The average molecular weight is 403 g/mol. The van der Waals surface area contributed by atoms with Crippen LogP contribution in [0.2, 0.25) is 0 Å². The van der Waals surface area contributed by atoms with E-state index < -0.39 is 15.9 Å². The molecule has 28 heavy (non-hydrogen) atoms. The second-order valence-corrected chi connectivity index (χ2v) is 9.04. The van der Waals surface area contributed by atoms with Crippen LogP contribution in [-0.4, -0.2) is 31.7 Å². The molecule has 1 aliphatic rings. The highest BCUT2D eigenvalue weighted by Crippen LogP contribution is 2.26. The first-order valence-corrected chi connectivity index (χ1v) is 11.0. The Labute approximate surface area is 166 Å². The Balaban J connectivity index is 1.66. The van der Waals surface area contributed by atoms with E-state index in [1.165, 1.54) is 16.4 Å². The van der Waals surface area contributed by atoms with Gasteiger partial charge in [0, 0.05) is 18.7 Å². The van der Waals surface area contributed by atoms with E-state index in [-0.39, 0.29) is 23.1 Å². The molecule has 6 nitrogen and oxygen atoms in total. The predicted octanol–water partition coefficient (Wildman–Crippen LogP) is 3.50. The molecule has 1 aliphatic carbocycles. The topological polar surface area (TPSA) is 75.7 Å². The van der Waals surface area contributed by atoms with Crippen molar-refractivity contribution in [3.8, 4) is 0 Å². The van der Waals surface area contributed by atoms with Crippen LogP contribution in [0.1, 0.15) is 48.0 Å². The molecule has 1 fully saturated rings. The SMILES string of the molecule is CN(C1CCCCC1)S(=O)(=O)c1cccc(C(=O)NOCc2ccccc2)c1. The molecule has 0 saturated heterocycles. The lowest BCUT2D eigenvalue weighted by atomic mass is 9.96. The van der Waals surface area contributed by atoms with E-state index >= 15 is 0 Å². The lowest BCUT2D eigenvalue weighted by Crippen LogP contribution is -2.38. The van der Waals surface area contributed by atoms with Gasteiger partial charge in [-0.3, -0.25) is 9.63 Å². The smallest absolute Gasteiger partial charge is 0.269 e. The summed E-state index contributed by atoms with van der Waals surface area (Å²) in [5, 5.41) is 0. The van der Waals surface area contributed by atoms with Gasteiger partial charge in [-0.15, -0.1) is 0 Å². The molecular formula is C21H26N2O4S. The van der Waals surface area contributed by atoms with Crippen LogP contribution in [0.3, 0.4) is 0 Å². The Kier molecular flexibility index (Phi) is 6.83. The van der Waals surface area contributed by atoms with E-state index in [1.54, 1.807) is 19.2 Å². The number of hydroxylamine groups is 1. The summed E-state index contributed by atoms with van der Waals surface area (Å²) in [7, 11) is -2.02. The Morgan fingerprint density at radius 1 is 1.07 bits per heavy atom. The number of rotatable bonds is 7. The molecule has 0 radical (unpaired) electrons. The molecule has 0 heterocycles. The van der Waals surface area contributed by atoms with E-state index in [4.69, 9.17) is 4.84 Å². The zero-order valence-electron chi connectivity index (χ0n) is 16.0. The minimum absolute atomic E-state index is 0.0189. The molecule has 7 heteroatoms. The maximum absolute atomic E-state index is 13.0. The standard InChI is InChI=1S/C21H26N2O4S/c1-23(19-12-6-3-7-13-19)28(25,26)20-14-8-11-18(15-20)21(24)22-27-16-17-9-4-2-5-10-17/h2,4-5,8-11,14-15,19H,3,6-7,12-13,16H2,1H3,(H,22,24). The average Bonchev–Trinajstić information content (AvgIpc) is 2.74. The Morgan fingerprint density at radius 3 is 2.50 bits per heavy atom. The molecule has 2 aromatic rings. The third kappa shape index (κ3) is 4.98. The van der Waals surface area contributed by atoms with Crippen molar-refractivity contribution in [2.24, 2.45) is 0 Å². The van der Waals surface area contributed by atoms with Crippen LogP contribution in [0.25, 0.3) is 0 Å². The summed E-state index contributed by atoms with van der Waals surface area (Å²) >= 11 is 0. The highest BCUT2D eigenvalue weighted by Gasteiger charge is 2.29. The zero-order valence-corrected chi connectivity index (χ0v) is 16.8. The third-order valence-corrected chi connectivity index (χ3v) is 7.01. The first-order chi connectivity index (χ1) is 13.5. The summed E-state index contributed by atoms with van der Waals surface area (Å²) in [6.45, 7) is 0.231. The van der Waals surface area contributed by atoms with Gasteiger partial charge in [0.15, 0.2) is 0 Å². The Bertz CT molecular complexity index is 894. The molecule has 1 saturated carbocycles. The van der Waals surface area contributed by atoms with Gasteiger partial charge in [0.05, 0.1) is 11.5 Å². The normalized spacial score (nSPS) is 15.5. The quantitative estimate of drug-likeness (QED) is 0.719. The molecule has 0 spiro atoms. The second kappa shape index (κ2) is 9.32. The van der Waals surface area contributed by atoms with Crippen molar-refractivity contribution in [3.05, 3.63) is 65.7 Å². The lowest BCUT2D eigenvalue weighted by molar-refractivity contribution is 0.0233. The van der Waals surface area contributed by atoms with Crippen molar-refractivity contribution < 1.29 is 18.0 Å². The molecule has 0 aliphatic heterocycles. The number of carbonyl (C=O) groups excluding carboxylic acids is 1. The van der Waals surface area contributed by atoms with E-state index in [1.807, 2.05) is 30.3 Å². The number of hydrogen-bond donors (Lipinski definition) is 1. The summed E-state index contributed by atoms with van der Waals surface area (Å²) in [5.41, 5.74) is 3.54. The van der Waals surface area contributed by atoms with Gasteiger partial charge in [0.2, 0.25) is 10.0 Å². The van der Waals surface area contributed by atoms with Crippen molar-refractivity contribution in [2.75, 3.05) is 7.05 Å². The first kappa shape index (κ1) is 20.5. The summed E-state index contributed by atoms with van der Waals surface area (Å²) in [6, 6.07) is 15.5. The van der Waals surface area contributed by atoms with Crippen LogP contribution >= 0.6 is 0 Å². The summed E-state index contributed by atoms with van der Waals surface area (Å²) in [4.78, 5) is 17.7. The zero-order chi connectivity index (χ0) is 20.0. The Morgan fingerprint density at radius 2 is 1.79 bits per heavy atom. The van der Waals surface area contributed by atoms with Gasteiger partial charge in [-0.1, -0.05) is 55.7 Å². The van der Waals surface area contributed by atoms with Crippen molar-refractivity contribution in [1.82, 2.24) is 9.79 Å². The molecular weight excluding hydrogens is 376 g/mol. The first-order valence-electron chi connectivity index (χ1n) is 9.52. The predicted molar refractivity (Wildman–Crippen MR) is 107 cm³/mol. The fraction of sp³-hybridized carbons (Fsp3) is 0.381. The fourth-order valence-electron chi connectivity index (χ4n) is 3.42. The third-order valence-electron chi connectivity index (χ3n) is 5.11. The van der Waals surface area contributed by atoms with Crippen LogP contribution in [0, 0.1) is 0 Å². The monoisotopic (exact) mass is 402 g/mol. The fourth-order valence-corrected chi connectivity index (χ4v) is 4.89. The molecule has 150 valence electrons. The molecule has 1 N–H and O–H groups in total. The highest BCUT2D eigenvalue weighted by molar-refractivity contribution is 7.89. The van der Waals surface area contributed by atoms with E-state index in [2.05, 4.69) is 5.48 Å². The summed E-state index contributed by atoms with van der Waals surface area (Å²) in [5.74, 6) is -0.478. The summed E-state index contributed by atoms with van der Waals surface area (Å²) in [6.07, 6.45) is 5.01. The van der Waals surface area contributed by atoms with Gasteiger partial charge in [0.25, 0.3) is 5.91 Å². The number of benzene rings is 2. The van der Waals surface area contributed by atoms with Gasteiger partial charge in [-0.05, 0) is 36.6 Å². The molecule has 0 unspecified atom stereocenters. The lowest BCUT2D eigenvalue weighted by Gasteiger charge is -2.30. The van der Waals surface area contributed by atoms with Crippen molar-refractivity contribution >= 4 is 15.9 Å². The maximum atomic E-state index is 13.0. The van der Waals surface area contributed by atoms with Crippen LogP contribution < -0.4 is 5.48 Å². The Hall–Kier alpha value is -2.22. The molecule has 0 atom stereocenters. The number of nitrogens with zero attached hydrogens (tertiary/aromatic N) is 1. The molecule has 0 bridgehead atoms. The van der Waals surface area contributed by atoms with E-state index in [9.17, 15) is 13.2 Å². The molecule has 0 aromatic heterocycles. The van der Waals surface area contributed by atoms with Crippen LogP contribution in [0.4, 0.5) is 0 Å². The summed E-state index contributed by atoms with van der Waals surface area (Å²) < 4.78 is 27.4. The van der Waals surface area contributed by atoms with Crippen molar-refractivity contribution in [1.29, 1.82) is 0 Å². The number of carbonyl (C=O) groups is 1.